The van der Waals surface area contributed by atoms with Gasteiger partial charge >= 0.3 is 0 Å². The highest BCUT2D eigenvalue weighted by atomic mass is 16.2. The zero-order valence-electron chi connectivity index (χ0n) is 16.9. The standard InChI is InChI=1S/C22H29N5O2/c1-27(17-7-3-2-4-8-17)14-13-24-21(28)16-11-12-20(25-15-16)22(29)26-19-10-6-5-9-18(19)23/h5-6,9-12,15,17H,2-4,7-8,13-14,23H2,1H3,(H,24,28)(H,26,29). The average Bonchev–Trinajstić information content (AvgIpc) is 2.76. The predicted octanol–water partition coefficient (Wildman–Crippen LogP) is 2.91. The Morgan fingerprint density at radius 1 is 1.10 bits per heavy atom. The SMILES string of the molecule is CN(CCNC(=O)c1ccc(C(=O)Nc2ccccc2N)nc1)C1CCCCC1. The zero-order valence-corrected chi connectivity index (χ0v) is 16.9. The fraction of sp³-hybridized carbons (Fsp3) is 0.409. The maximum Gasteiger partial charge on any atom is 0.274 e. The van der Waals surface area contributed by atoms with Crippen LogP contribution in [0, 0.1) is 0 Å². The number of carbonyl (C=O) groups is 2. The molecule has 1 fully saturated rings. The van der Waals surface area contributed by atoms with E-state index in [0.29, 0.717) is 29.5 Å². The molecule has 1 aliphatic carbocycles. The lowest BCUT2D eigenvalue weighted by molar-refractivity contribution is 0.0942. The first-order chi connectivity index (χ1) is 14.0. The largest absolute Gasteiger partial charge is 0.397 e. The van der Waals surface area contributed by atoms with Crippen LogP contribution in [0.25, 0.3) is 0 Å². The molecule has 0 unspecified atom stereocenters. The number of hydrogen-bond acceptors (Lipinski definition) is 5. The van der Waals surface area contributed by atoms with Gasteiger partial charge in [0.1, 0.15) is 5.69 Å². The van der Waals surface area contributed by atoms with Crippen molar-refractivity contribution in [3.05, 3.63) is 53.9 Å². The molecule has 2 amide bonds. The molecule has 0 radical (unpaired) electrons. The Kier molecular flexibility index (Phi) is 7.19. The van der Waals surface area contributed by atoms with Crippen LogP contribution >= 0.6 is 0 Å². The zero-order chi connectivity index (χ0) is 20.6. The molecule has 3 rings (SSSR count). The van der Waals surface area contributed by atoms with Gasteiger partial charge in [0.2, 0.25) is 0 Å². The molecule has 1 heterocycles. The minimum atomic E-state index is -0.371. The summed E-state index contributed by atoms with van der Waals surface area (Å²) in [5.74, 6) is -0.558. The molecule has 7 nitrogen and oxygen atoms in total. The summed E-state index contributed by atoms with van der Waals surface area (Å²) in [6, 6.07) is 10.8. The van der Waals surface area contributed by atoms with Crippen LogP contribution in [-0.4, -0.2) is 47.9 Å². The van der Waals surface area contributed by atoms with Crippen LogP contribution in [0.1, 0.15) is 53.0 Å². The predicted molar refractivity (Wildman–Crippen MR) is 115 cm³/mol. The number of nitrogens with one attached hydrogen (secondary N) is 2. The number of pyridine rings is 1. The van der Waals surface area contributed by atoms with Crippen LogP contribution in [0.15, 0.2) is 42.6 Å². The lowest BCUT2D eigenvalue weighted by Crippen LogP contribution is -2.39. The number of aromatic nitrogens is 1. The maximum atomic E-state index is 12.3. The smallest absolute Gasteiger partial charge is 0.274 e. The molecular weight excluding hydrogens is 366 g/mol. The van der Waals surface area contributed by atoms with E-state index in [-0.39, 0.29) is 17.5 Å². The molecule has 7 heteroatoms. The molecule has 29 heavy (non-hydrogen) atoms. The van der Waals surface area contributed by atoms with E-state index in [9.17, 15) is 9.59 Å². The summed E-state index contributed by atoms with van der Waals surface area (Å²) in [6.45, 7) is 1.41. The summed E-state index contributed by atoms with van der Waals surface area (Å²) >= 11 is 0. The molecule has 1 saturated carbocycles. The number of rotatable bonds is 7. The van der Waals surface area contributed by atoms with Gasteiger partial charge in [-0.3, -0.25) is 14.6 Å². The number of likely N-dealkylation sites (N-methyl/N-ethyl adjacent to an activating group) is 1. The summed E-state index contributed by atoms with van der Waals surface area (Å²) in [5.41, 5.74) is 7.50. The van der Waals surface area contributed by atoms with Crippen molar-refractivity contribution in [3.8, 4) is 0 Å². The van der Waals surface area contributed by atoms with Crippen LogP contribution in [-0.2, 0) is 0 Å². The van der Waals surface area contributed by atoms with Crippen molar-refractivity contribution in [1.82, 2.24) is 15.2 Å². The van der Waals surface area contributed by atoms with Gasteiger partial charge in [0.25, 0.3) is 11.8 Å². The highest BCUT2D eigenvalue weighted by molar-refractivity contribution is 6.04. The summed E-state index contributed by atoms with van der Waals surface area (Å²) < 4.78 is 0. The number of nitrogen functional groups attached to an aromatic ring is 1. The lowest BCUT2D eigenvalue weighted by Gasteiger charge is -2.31. The van der Waals surface area contributed by atoms with Gasteiger partial charge in [-0.2, -0.15) is 0 Å². The van der Waals surface area contributed by atoms with Crippen molar-refractivity contribution >= 4 is 23.2 Å². The Balaban J connectivity index is 1.48. The topological polar surface area (TPSA) is 100 Å². The van der Waals surface area contributed by atoms with E-state index in [1.54, 1.807) is 30.3 Å². The number of carbonyl (C=O) groups excluding carboxylic acids is 2. The first-order valence-electron chi connectivity index (χ1n) is 10.1. The highest BCUT2D eigenvalue weighted by Crippen LogP contribution is 2.21. The van der Waals surface area contributed by atoms with Crippen molar-refractivity contribution in [3.63, 3.8) is 0 Å². The average molecular weight is 396 g/mol. The van der Waals surface area contributed by atoms with Crippen LogP contribution in [0.4, 0.5) is 11.4 Å². The van der Waals surface area contributed by atoms with Crippen molar-refractivity contribution in [1.29, 1.82) is 0 Å². The van der Waals surface area contributed by atoms with Crippen LogP contribution in [0.3, 0.4) is 0 Å². The number of amides is 2. The first kappa shape index (κ1) is 20.8. The fourth-order valence-electron chi connectivity index (χ4n) is 3.61. The van der Waals surface area contributed by atoms with Gasteiger partial charge in [0.15, 0.2) is 0 Å². The van der Waals surface area contributed by atoms with Gasteiger partial charge in [-0.1, -0.05) is 31.4 Å². The molecule has 154 valence electrons. The number of benzene rings is 1. The van der Waals surface area contributed by atoms with Gasteiger partial charge in [-0.15, -0.1) is 0 Å². The normalized spacial score (nSPS) is 14.6. The Morgan fingerprint density at radius 3 is 2.55 bits per heavy atom. The van der Waals surface area contributed by atoms with Gasteiger partial charge in [-0.25, -0.2) is 0 Å². The second-order valence-electron chi connectivity index (χ2n) is 7.50. The number of para-hydroxylation sites is 2. The molecule has 1 aliphatic rings. The first-order valence-corrected chi connectivity index (χ1v) is 10.1. The molecule has 4 N–H and O–H groups in total. The van der Waals surface area contributed by atoms with Crippen LogP contribution in [0.5, 0.6) is 0 Å². The Morgan fingerprint density at radius 2 is 1.86 bits per heavy atom. The molecule has 0 bridgehead atoms. The third-order valence-electron chi connectivity index (χ3n) is 5.42. The van der Waals surface area contributed by atoms with Crippen molar-refractivity contribution in [2.75, 3.05) is 31.2 Å². The summed E-state index contributed by atoms with van der Waals surface area (Å²) in [5, 5.41) is 5.65. The van der Waals surface area contributed by atoms with E-state index < -0.39 is 0 Å². The molecule has 2 aromatic rings. The lowest BCUT2D eigenvalue weighted by atomic mass is 9.94. The Labute approximate surface area is 171 Å². The summed E-state index contributed by atoms with van der Waals surface area (Å²) in [7, 11) is 2.12. The molecule has 0 saturated heterocycles. The monoisotopic (exact) mass is 395 g/mol. The number of anilines is 2. The minimum absolute atomic E-state index is 0.186. The number of hydrogen-bond donors (Lipinski definition) is 3. The molecule has 0 aliphatic heterocycles. The van der Waals surface area contributed by atoms with Crippen LogP contribution < -0.4 is 16.4 Å². The van der Waals surface area contributed by atoms with E-state index >= 15 is 0 Å². The number of nitrogens with zero attached hydrogens (tertiary/aromatic N) is 2. The van der Waals surface area contributed by atoms with Crippen molar-refractivity contribution in [2.24, 2.45) is 0 Å². The Bertz CT molecular complexity index is 831. The minimum Gasteiger partial charge on any atom is -0.397 e. The third kappa shape index (κ3) is 5.77. The molecule has 1 aromatic carbocycles. The second-order valence-corrected chi connectivity index (χ2v) is 7.50. The van der Waals surface area contributed by atoms with Gasteiger partial charge in [0, 0.05) is 25.3 Å². The quantitative estimate of drug-likeness (QED) is 0.626. The molecule has 0 spiro atoms. The van der Waals surface area contributed by atoms with E-state index in [2.05, 4.69) is 27.6 Å². The van der Waals surface area contributed by atoms with Gasteiger partial charge < -0.3 is 21.3 Å². The summed E-state index contributed by atoms with van der Waals surface area (Å²) in [6.07, 6.45) is 7.83. The third-order valence-corrected chi connectivity index (χ3v) is 5.42. The van der Waals surface area contributed by atoms with E-state index in [4.69, 9.17) is 5.73 Å². The maximum absolute atomic E-state index is 12.3. The van der Waals surface area contributed by atoms with Crippen molar-refractivity contribution < 1.29 is 9.59 Å². The second kappa shape index (κ2) is 10.0. The van der Waals surface area contributed by atoms with Gasteiger partial charge in [0.05, 0.1) is 16.9 Å². The van der Waals surface area contributed by atoms with E-state index in [0.717, 1.165) is 6.54 Å². The molecule has 1 aromatic heterocycles. The number of nitrogens with two attached hydrogens (primary N) is 1. The van der Waals surface area contributed by atoms with E-state index in [1.165, 1.54) is 44.4 Å². The van der Waals surface area contributed by atoms with Crippen molar-refractivity contribution in [2.45, 2.75) is 38.1 Å². The highest BCUT2D eigenvalue weighted by Gasteiger charge is 2.18. The van der Waals surface area contributed by atoms with E-state index in [1.807, 2.05) is 0 Å². The summed E-state index contributed by atoms with van der Waals surface area (Å²) in [4.78, 5) is 31.1. The van der Waals surface area contributed by atoms with Gasteiger partial charge in [-0.05, 0) is 44.2 Å². The van der Waals surface area contributed by atoms with Crippen LogP contribution in [0.2, 0.25) is 0 Å². The molecule has 0 atom stereocenters. The fourth-order valence-corrected chi connectivity index (χ4v) is 3.61. The Hall–Kier alpha value is -2.93. The molecular formula is C22H29N5O2.